The molecule has 1 heterocycles. The first-order valence-corrected chi connectivity index (χ1v) is 6.88. The average Bonchev–Trinajstić information content (AvgIpc) is 2.24. The fourth-order valence-corrected chi connectivity index (χ4v) is 2.10. The number of rotatable bonds is 6. The van der Waals surface area contributed by atoms with E-state index in [2.05, 4.69) is 4.98 Å². The molecular formula is C9H13ClN2O3S. The van der Waals surface area contributed by atoms with Crippen LogP contribution in [0, 0.1) is 0 Å². The maximum atomic E-state index is 11.3. The van der Waals surface area contributed by atoms with Crippen LogP contribution in [0.15, 0.2) is 24.5 Å². The number of ether oxygens (including phenoxy) is 1. The van der Waals surface area contributed by atoms with E-state index in [0.29, 0.717) is 6.61 Å². The Bertz CT molecular complexity index is 410. The molecule has 0 fully saturated rings. The van der Waals surface area contributed by atoms with Crippen molar-refractivity contribution in [2.45, 2.75) is 6.54 Å². The highest BCUT2D eigenvalue weighted by atomic mass is 35.7. The van der Waals surface area contributed by atoms with E-state index in [1.807, 2.05) is 0 Å². The number of nitrogens with zero attached hydrogens (tertiary/aromatic N) is 2. The molecule has 0 N–H and O–H groups in total. The van der Waals surface area contributed by atoms with Crippen molar-refractivity contribution >= 4 is 19.9 Å². The number of hydrogen-bond acceptors (Lipinski definition) is 4. The van der Waals surface area contributed by atoms with Gasteiger partial charge in [0.2, 0.25) is 0 Å². The second-order valence-electron chi connectivity index (χ2n) is 3.13. The van der Waals surface area contributed by atoms with E-state index in [9.17, 15) is 8.42 Å². The lowest BCUT2D eigenvalue weighted by molar-refractivity contribution is 0.178. The molecule has 7 heteroatoms. The van der Waals surface area contributed by atoms with Crippen molar-refractivity contribution in [2.24, 2.45) is 0 Å². The molecular weight excluding hydrogens is 252 g/mol. The van der Waals surface area contributed by atoms with Crippen LogP contribution in [0.4, 0.5) is 0 Å². The molecule has 1 aromatic heterocycles. The zero-order valence-electron chi connectivity index (χ0n) is 8.84. The summed E-state index contributed by atoms with van der Waals surface area (Å²) in [6, 6.07) is 3.53. The van der Waals surface area contributed by atoms with Gasteiger partial charge >= 0.3 is 0 Å². The van der Waals surface area contributed by atoms with Crippen molar-refractivity contribution in [3.63, 3.8) is 0 Å². The summed E-state index contributed by atoms with van der Waals surface area (Å²) in [5, 5.41) is 0. The molecule has 1 aromatic rings. The van der Waals surface area contributed by atoms with Crippen LogP contribution in [0.3, 0.4) is 0 Å². The average molecular weight is 265 g/mol. The van der Waals surface area contributed by atoms with E-state index in [1.165, 1.54) is 7.11 Å². The maximum Gasteiger partial charge on any atom is 0.300 e. The minimum atomic E-state index is -3.74. The Morgan fingerprint density at radius 1 is 1.56 bits per heavy atom. The first-order chi connectivity index (χ1) is 7.54. The molecule has 0 saturated carbocycles. The summed E-state index contributed by atoms with van der Waals surface area (Å²) in [6.07, 6.45) is 3.22. The first kappa shape index (κ1) is 13.4. The van der Waals surface area contributed by atoms with Gasteiger partial charge in [0.25, 0.3) is 9.24 Å². The lowest BCUT2D eigenvalue weighted by atomic mass is 10.3. The third-order valence-corrected chi connectivity index (χ3v) is 3.45. The third kappa shape index (κ3) is 4.44. The summed E-state index contributed by atoms with van der Waals surface area (Å²) < 4.78 is 28.5. The molecule has 0 spiro atoms. The van der Waals surface area contributed by atoms with Gasteiger partial charge in [0.15, 0.2) is 0 Å². The largest absolute Gasteiger partial charge is 0.383 e. The molecule has 0 aliphatic rings. The zero-order valence-corrected chi connectivity index (χ0v) is 10.4. The highest BCUT2D eigenvalue weighted by Gasteiger charge is 2.18. The molecule has 0 atom stereocenters. The number of hydrogen-bond donors (Lipinski definition) is 0. The van der Waals surface area contributed by atoms with E-state index in [4.69, 9.17) is 15.4 Å². The van der Waals surface area contributed by atoms with E-state index in [0.717, 1.165) is 9.87 Å². The van der Waals surface area contributed by atoms with Gasteiger partial charge in [-0.1, -0.05) is 6.07 Å². The molecule has 0 saturated heterocycles. The monoisotopic (exact) mass is 264 g/mol. The van der Waals surface area contributed by atoms with Crippen molar-refractivity contribution in [1.29, 1.82) is 0 Å². The molecule has 0 radical (unpaired) electrons. The van der Waals surface area contributed by atoms with Crippen molar-refractivity contribution in [2.75, 3.05) is 20.3 Å². The Labute approximate surface area is 99.6 Å². The van der Waals surface area contributed by atoms with Crippen molar-refractivity contribution < 1.29 is 13.2 Å². The zero-order chi connectivity index (χ0) is 12.0. The summed E-state index contributed by atoms with van der Waals surface area (Å²) in [4.78, 5) is 3.90. The molecule has 0 aliphatic heterocycles. The number of aromatic nitrogens is 1. The van der Waals surface area contributed by atoms with E-state index < -0.39 is 9.24 Å². The highest BCUT2D eigenvalue weighted by Crippen LogP contribution is 2.11. The van der Waals surface area contributed by atoms with Crippen LogP contribution in [-0.2, 0) is 20.5 Å². The van der Waals surface area contributed by atoms with E-state index in [-0.39, 0.29) is 13.1 Å². The Morgan fingerprint density at radius 2 is 2.31 bits per heavy atom. The van der Waals surface area contributed by atoms with Crippen molar-refractivity contribution in [3.05, 3.63) is 30.1 Å². The fraction of sp³-hybridized carbons (Fsp3) is 0.444. The molecule has 90 valence electrons. The lowest BCUT2D eigenvalue weighted by Gasteiger charge is -2.17. The normalized spacial score (nSPS) is 11.9. The van der Waals surface area contributed by atoms with Gasteiger partial charge in [-0.25, -0.2) is 0 Å². The van der Waals surface area contributed by atoms with Crippen LogP contribution in [-0.4, -0.2) is 38.0 Å². The van der Waals surface area contributed by atoms with Gasteiger partial charge in [-0.15, -0.1) is 0 Å². The van der Waals surface area contributed by atoms with Crippen LogP contribution in [0.25, 0.3) is 0 Å². The maximum absolute atomic E-state index is 11.3. The molecule has 0 aliphatic carbocycles. The van der Waals surface area contributed by atoms with Gasteiger partial charge in [-0.3, -0.25) is 4.98 Å². The Kier molecular flexibility index (Phi) is 5.14. The SMILES string of the molecule is COCCN(Cc1cccnc1)S(=O)(=O)Cl. The lowest BCUT2D eigenvalue weighted by Crippen LogP contribution is -2.30. The smallest absolute Gasteiger partial charge is 0.300 e. The molecule has 0 aromatic carbocycles. The van der Waals surface area contributed by atoms with Gasteiger partial charge in [0, 0.05) is 43.3 Å². The second-order valence-corrected chi connectivity index (χ2v) is 5.64. The minimum absolute atomic E-state index is 0.197. The Balaban J connectivity index is 2.72. The Hall–Kier alpha value is -0.690. The van der Waals surface area contributed by atoms with Gasteiger partial charge in [-0.05, 0) is 11.6 Å². The standard InChI is InChI=1S/C9H13ClN2O3S/c1-15-6-5-12(16(10,13)14)8-9-3-2-4-11-7-9/h2-4,7H,5-6,8H2,1H3. The first-order valence-electron chi connectivity index (χ1n) is 4.61. The van der Waals surface area contributed by atoms with E-state index >= 15 is 0 Å². The van der Waals surface area contributed by atoms with E-state index in [1.54, 1.807) is 24.5 Å². The van der Waals surface area contributed by atoms with Crippen molar-refractivity contribution in [3.8, 4) is 0 Å². The summed E-state index contributed by atoms with van der Waals surface area (Å²) in [5.41, 5.74) is 0.780. The van der Waals surface area contributed by atoms with Crippen LogP contribution in [0.2, 0.25) is 0 Å². The summed E-state index contributed by atoms with van der Waals surface area (Å²) in [6.45, 7) is 0.715. The predicted molar refractivity (Wildman–Crippen MR) is 61.3 cm³/mol. The second kappa shape index (κ2) is 6.15. The Morgan fingerprint density at radius 3 is 2.81 bits per heavy atom. The number of pyridine rings is 1. The number of halogens is 1. The fourth-order valence-electron chi connectivity index (χ4n) is 1.15. The highest BCUT2D eigenvalue weighted by molar-refractivity contribution is 8.11. The number of methoxy groups -OCH3 is 1. The molecule has 16 heavy (non-hydrogen) atoms. The van der Waals surface area contributed by atoms with Gasteiger partial charge in [-0.2, -0.15) is 12.7 Å². The van der Waals surface area contributed by atoms with Crippen LogP contribution >= 0.6 is 10.7 Å². The van der Waals surface area contributed by atoms with Gasteiger partial charge < -0.3 is 4.74 Å². The topological polar surface area (TPSA) is 59.5 Å². The molecule has 0 bridgehead atoms. The molecule has 5 nitrogen and oxygen atoms in total. The van der Waals surface area contributed by atoms with Crippen molar-refractivity contribution in [1.82, 2.24) is 9.29 Å². The molecule has 0 amide bonds. The van der Waals surface area contributed by atoms with Crippen LogP contribution in [0.5, 0.6) is 0 Å². The van der Waals surface area contributed by atoms with Gasteiger partial charge in [0.05, 0.1) is 6.61 Å². The molecule has 0 unspecified atom stereocenters. The summed E-state index contributed by atoms with van der Waals surface area (Å²) in [5.74, 6) is 0. The molecule has 1 rings (SSSR count). The summed E-state index contributed by atoms with van der Waals surface area (Å²) >= 11 is 0. The quantitative estimate of drug-likeness (QED) is 0.720. The van der Waals surface area contributed by atoms with Gasteiger partial charge in [0.1, 0.15) is 0 Å². The summed E-state index contributed by atoms with van der Waals surface area (Å²) in [7, 11) is 3.07. The van der Waals surface area contributed by atoms with Crippen LogP contribution < -0.4 is 0 Å². The third-order valence-electron chi connectivity index (χ3n) is 1.93. The minimum Gasteiger partial charge on any atom is -0.383 e. The predicted octanol–water partition coefficient (Wildman–Crippen LogP) is 1.01. The van der Waals surface area contributed by atoms with Crippen LogP contribution in [0.1, 0.15) is 5.56 Å².